The minimum Gasteiger partial charge on any atom is -0.340 e. The van der Waals surface area contributed by atoms with Gasteiger partial charge in [0.15, 0.2) is 0 Å². The van der Waals surface area contributed by atoms with Crippen molar-refractivity contribution in [2.45, 2.75) is 13.8 Å². The molecule has 0 aliphatic heterocycles. The summed E-state index contributed by atoms with van der Waals surface area (Å²) >= 11 is 8.30. The SMILES string of the molecule is Cc1nc(Cl)c(C)c(Nc2cccc(I)c2)n1. The van der Waals surface area contributed by atoms with Crippen molar-refractivity contribution in [1.82, 2.24) is 9.97 Å². The average Bonchev–Trinajstić information content (AvgIpc) is 2.25. The fourth-order valence-corrected chi connectivity index (χ4v) is 2.17. The second-order valence-corrected chi connectivity index (χ2v) is 5.27. The molecule has 1 aromatic carbocycles. The van der Waals surface area contributed by atoms with Gasteiger partial charge in [-0.25, -0.2) is 9.97 Å². The van der Waals surface area contributed by atoms with Crippen LogP contribution in [0.1, 0.15) is 11.4 Å². The Hall–Kier alpha value is -0.880. The van der Waals surface area contributed by atoms with Gasteiger partial charge in [0.05, 0.1) is 0 Å². The highest BCUT2D eigenvalue weighted by atomic mass is 127. The van der Waals surface area contributed by atoms with Gasteiger partial charge >= 0.3 is 0 Å². The minimum atomic E-state index is 0.491. The van der Waals surface area contributed by atoms with Crippen molar-refractivity contribution in [3.63, 3.8) is 0 Å². The number of hydrogen-bond acceptors (Lipinski definition) is 3. The second kappa shape index (κ2) is 5.18. The molecule has 0 saturated heterocycles. The molecule has 88 valence electrons. The molecule has 0 fully saturated rings. The first-order valence-electron chi connectivity index (χ1n) is 5.09. The van der Waals surface area contributed by atoms with E-state index in [-0.39, 0.29) is 0 Å². The van der Waals surface area contributed by atoms with Crippen molar-refractivity contribution in [3.05, 3.63) is 44.4 Å². The highest BCUT2D eigenvalue weighted by molar-refractivity contribution is 14.1. The molecule has 0 spiro atoms. The normalized spacial score (nSPS) is 10.4. The van der Waals surface area contributed by atoms with E-state index in [0.717, 1.165) is 17.1 Å². The van der Waals surface area contributed by atoms with E-state index in [1.807, 2.05) is 38.1 Å². The zero-order valence-corrected chi connectivity index (χ0v) is 12.4. The van der Waals surface area contributed by atoms with Gasteiger partial charge in [-0.3, -0.25) is 0 Å². The molecule has 0 aliphatic rings. The first-order valence-corrected chi connectivity index (χ1v) is 6.55. The molecule has 0 radical (unpaired) electrons. The fourth-order valence-electron chi connectivity index (χ4n) is 1.42. The monoisotopic (exact) mass is 359 g/mol. The lowest BCUT2D eigenvalue weighted by Gasteiger charge is -2.10. The summed E-state index contributed by atoms with van der Waals surface area (Å²) in [6.45, 7) is 3.73. The maximum Gasteiger partial charge on any atom is 0.138 e. The molecule has 5 heteroatoms. The number of benzene rings is 1. The molecule has 1 N–H and O–H groups in total. The van der Waals surface area contributed by atoms with Gasteiger partial charge in [-0.15, -0.1) is 0 Å². The fraction of sp³-hybridized carbons (Fsp3) is 0.167. The van der Waals surface area contributed by atoms with Gasteiger partial charge in [0.1, 0.15) is 16.8 Å². The third kappa shape index (κ3) is 3.07. The van der Waals surface area contributed by atoms with Crippen molar-refractivity contribution >= 4 is 45.7 Å². The molecule has 2 rings (SSSR count). The Kier molecular flexibility index (Phi) is 3.83. The summed E-state index contributed by atoms with van der Waals surface area (Å²) in [6.07, 6.45) is 0. The highest BCUT2D eigenvalue weighted by Crippen LogP contribution is 2.23. The number of rotatable bonds is 2. The van der Waals surface area contributed by atoms with E-state index in [1.165, 1.54) is 3.57 Å². The molecule has 3 nitrogen and oxygen atoms in total. The predicted molar refractivity (Wildman–Crippen MR) is 79.0 cm³/mol. The molecule has 0 saturated carbocycles. The summed E-state index contributed by atoms with van der Waals surface area (Å²) in [5.74, 6) is 1.42. The predicted octanol–water partition coefficient (Wildman–Crippen LogP) is 4.10. The molecule has 0 bridgehead atoms. The van der Waals surface area contributed by atoms with E-state index < -0.39 is 0 Å². The lowest BCUT2D eigenvalue weighted by molar-refractivity contribution is 1.04. The van der Waals surface area contributed by atoms with Gasteiger partial charge in [0.2, 0.25) is 0 Å². The van der Waals surface area contributed by atoms with Gasteiger partial charge in [-0.2, -0.15) is 0 Å². The number of anilines is 2. The van der Waals surface area contributed by atoms with E-state index in [9.17, 15) is 0 Å². The number of aryl methyl sites for hydroxylation is 1. The van der Waals surface area contributed by atoms with Crippen LogP contribution in [0.15, 0.2) is 24.3 Å². The first-order chi connectivity index (χ1) is 8.06. The summed E-state index contributed by atoms with van der Waals surface area (Å²) < 4.78 is 1.17. The summed E-state index contributed by atoms with van der Waals surface area (Å²) in [5.41, 5.74) is 1.85. The number of aromatic nitrogens is 2. The van der Waals surface area contributed by atoms with Crippen LogP contribution in [0.3, 0.4) is 0 Å². The third-order valence-corrected chi connectivity index (χ3v) is 3.32. The van der Waals surface area contributed by atoms with Crippen LogP contribution in [0.25, 0.3) is 0 Å². The lowest BCUT2D eigenvalue weighted by atomic mass is 10.3. The van der Waals surface area contributed by atoms with Crippen LogP contribution in [0.5, 0.6) is 0 Å². The third-order valence-electron chi connectivity index (χ3n) is 2.29. The van der Waals surface area contributed by atoms with Gasteiger partial charge in [-0.1, -0.05) is 17.7 Å². The van der Waals surface area contributed by atoms with Crippen molar-refractivity contribution in [2.24, 2.45) is 0 Å². The van der Waals surface area contributed by atoms with Crippen molar-refractivity contribution < 1.29 is 0 Å². The van der Waals surface area contributed by atoms with Crippen LogP contribution in [-0.4, -0.2) is 9.97 Å². The van der Waals surface area contributed by atoms with Crippen LogP contribution < -0.4 is 5.32 Å². The van der Waals surface area contributed by atoms with E-state index in [1.54, 1.807) is 0 Å². The van der Waals surface area contributed by atoms with Crippen LogP contribution in [0.2, 0.25) is 5.15 Å². The van der Waals surface area contributed by atoms with E-state index in [2.05, 4.69) is 37.9 Å². The van der Waals surface area contributed by atoms with E-state index >= 15 is 0 Å². The van der Waals surface area contributed by atoms with Crippen molar-refractivity contribution in [1.29, 1.82) is 0 Å². The van der Waals surface area contributed by atoms with E-state index in [0.29, 0.717) is 11.0 Å². The van der Waals surface area contributed by atoms with Crippen LogP contribution in [-0.2, 0) is 0 Å². The summed E-state index contributed by atoms with van der Waals surface area (Å²) in [6, 6.07) is 8.07. The van der Waals surface area contributed by atoms with Gasteiger partial charge < -0.3 is 5.32 Å². The largest absolute Gasteiger partial charge is 0.340 e. The zero-order valence-electron chi connectivity index (χ0n) is 9.46. The van der Waals surface area contributed by atoms with Gasteiger partial charge in [0, 0.05) is 14.8 Å². The molecule has 1 aromatic heterocycles. The van der Waals surface area contributed by atoms with Crippen molar-refractivity contribution in [2.75, 3.05) is 5.32 Å². The molecule has 0 amide bonds. The van der Waals surface area contributed by atoms with Crippen LogP contribution >= 0.6 is 34.2 Å². The Morgan fingerprint density at radius 2 is 2.00 bits per heavy atom. The molecule has 1 heterocycles. The Morgan fingerprint density at radius 1 is 1.24 bits per heavy atom. The number of halogens is 2. The lowest BCUT2D eigenvalue weighted by Crippen LogP contribution is -2.01. The number of nitrogens with one attached hydrogen (secondary N) is 1. The molecule has 0 aliphatic carbocycles. The summed E-state index contributed by atoms with van der Waals surface area (Å²) in [4.78, 5) is 8.46. The van der Waals surface area contributed by atoms with Crippen LogP contribution in [0, 0.1) is 17.4 Å². The van der Waals surface area contributed by atoms with Crippen LogP contribution in [0.4, 0.5) is 11.5 Å². The average molecular weight is 360 g/mol. The Labute approximate surface area is 119 Å². The molecule has 0 unspecified atom stereocenters. The maximum atomic E-state index is 6.02. The number of nitrogens with zero attached hydrogens (tertiary/aromatic N) is 2. The quantitative estimate of drug-likeness (QED) is 0.648. The number of hydrogen-bond donors (Lipinski definition) is 1. The molecule has 2 aromatic rings. The maximum absolute atomic E-state index is 6.02. The minimum absolute atomic E-state index is 0.491. The first kappa shape index (κ1) is 12.6. The standard InChI is InChI=1S/C12H11ClIN3/c1-7-11(13)15-8(2)16-12(7)17-10-5-3-4-9(14)6-10/h3-6H,1-2H3,(H,15,16,17). The Balaban J connectivity index is 2.36. The topological polar surface area (TPSA) is 37.8 Å². The Morgan fingerprint density at radius 3 is 2.71 bits per heavy atom. The highest BCUT2D eigenvalue weighted by Gasteiger charge is 2.07. The second-order valence-electron chi connectivity index (χ2n) is 3.67. The molecular formula is C12H11ClIN3. The molecule has 0 atom stereocenters. The molecular weight excluding hydrogens is 349 g/mol. The summed E-state index contributed by atoms with van der Waals surface area (Å²) in [5, 5.41) is 3.75. The van der Waals surface area contributed by atoms with Gasteiger partial charge in [0.25, 0.3) is 0 Å². The molecule has 17 heavy (non-hydrogen) atoms. The summed E-state index contributed by atoms with van der Waals surface area (Å²) in [7, 11) is 0. The van der Waals surface area contributed by atoms with Crippen molar-refractivity contribution in [3.8, 4) is 0 Å². The smallest absolute Gasteiger partial charge is 0.138 e. The zero-order chi connectivity index (χ0) is 12.4. The van der Waals surface area contributed by atoms with E-state index in [4.69, 9.17) is 11.6 Å². The Bertz CT molecular complexity index is 557. The van der Waals surface area contributed by atoms with Gasteiger partial charge in [-0.05, 0) is 54.6 Å².